The Labute approximate surface area is 123 Å². The Morgan fingerprint density at radius 2 is 2.24 bits per heavy atom. The minimum atomic E-state index is -1.00. The number of hydrogen-bond acceptors (Lipinski definition) is 3. The summed E-state index contributed by atoms with van der Waals surface area (Å²) in [6.07, 6.45) is 1.94. The van der Waals surface area contributed by atoms with Gasteiger partial charge in [0.15, 0.2) is 0 Å². The van der Waals surface area contributed by atoms with Gasteiger partial charge in [0.2, 0.25) is 0 Å². The second kappa shape index (κ2) is 7.08. The summed E-state index contributed by atoms with van der Waals surface area (Å²) < 4.78 is 5.28. The van der Waals surface area contributed by atoms with Crippen LogP contribution in [-0.2, 0) is 4.74 Å². The molecule has 2 amide bonds. The molecule has 1 heterocycles. The first-order valence-corrected chi connectivity index (χ1v) is 7.03. The van der Waals surface area contributed by atoms with Crippen molar-refractivity contribution in [3.8, 4) is 0 Å². The van der Waals surface area contributed by atoms with E-state index in [1.54, 1.807) is 19.1 Å². The summed E-state index contributed by atoms with van der Waals surface area (Å²) in [5.41, 5.74) is 1.25. The van der Waals surface area contributed by atoms with E-state index in [2.05, 4.69) is 10.6 Å². The fourth-order valence-corrected chi connectivity index (χ4v) is 2.37. The van der Waals surface area contributed by atoms with Crippen molar-refractivity contribution in [2.45, 2.75) is 19.8 Å². The third-order valence-electron chi connectivity index (χ3n) is 3.67. The summed E-state index contributed by atoms with van der Waals surface area (Å²) in [6.45, 7) is 3.83. The van der Waals surface area contributed by atoms with Gasteiger partial charge in [0.1, 0.15) is 0 Å². The molecule has 2 rings (SSSR count). The van der Waals surface area contributed by atoms with Gasteiger partial charge in [-0.25, -0.2) is 9.59 Å². The maximum Gasteiger partial charge on any atom is 0.336 e. The lowest BCUT2D eigenvalue weighted by molar-refractivity contribution is 0.0696. The van der Waals surface area contributed by atoms with Gasteiger partial charge in [0.25, 0.3) is 0 Å². The Kier molecular flexibility index (Phi) is 5.16. The van der Waals surface area contributed by atoms with Crippen LogP contribution >= 0.6 is 0 Å². The number of hydrogen-bond donors (Lipinski definition) is 3. The zero-order valence-corrected chi connectivity index (χ0v) is 12.0. The lowest BCUT2D eigenvalue weighted by Crippen LogP contribution is -2.31. The molecule has 0 aromatic heterocycles. The number of carbonyl (C=O) groups is 2. The van der Waals surface area contributed by atoms with Crippen molar-refractivity contribution in [2.75, 3.05) is 25.1 Å². The average Bonchev–Trinajstić information content (AvgIpc) is 2.94. The third kappa shape index (κ3) is 4.19. The van der Waals surface area contributed by atoms with E-state index >= 15 is 0 Å². The molecule has 1 aromatic rings. The summed E-state index contributed by atoms with van der Waals surface area (Å²) in [4.78, 5) is 22.9. The summed E-state index contributed by atoms with van der Waals surface area (Å²) >= 11 is 0. The van der Waals surface area contributed by atoms with Gasteiger partial charge in [-0.1, -0.05) is 6.07 Å². The van der Waals surface area contributed by atoms with Gasteiger partial charge in [-0.2, -0.15) is 0 Å². The molecule has 0 bridgehead atoms. The van der Waals surface area contributed by atoms with Crippen LogP contribution < -0.4 is 10.6 Å². The highest BCUT2D eigenvalue weighted by molar-refractivity contribution is 5.95. The van der Waals surface area contributed by atoms with Gasteiger partial charge in [0.05, 0.1) is 5.56 Å². The van der Waals surface area contributed by atoms with Crippen LogP contribution in [0.2, 0.25) is 0 Å². The van der Waals surface area contributed by atoms with Crippen LogP contribution in [-0.4, -0.2) is 36.9 Å². The quantitative estimate of drug-likeness (QED) is 0.776. The normalized spacial score (nSPS) is 17.5. The molecule has 6 heteroatoms. The lowest BCUT2D eigenvalue weighted by atomic mass is 10.1. The van der Waals surface area contributed by atoms with E-state index in [0.29, 0.717) is 23.7 Å². The first kappa shape index (κ1) is 15.3. The maximum absolute atomic E-state index is 11.8. The SMILES string of the molecule is Cc1c(NC(=O)NCCC2CCOC2)cccc1C(=O)O. The number of amides is 2. The monoisotopic (exact) mass is 292 g/mol. The van der Waals surface area contributed by atoms with E-state index in [9.17, 15) is 9.59 Å². The number of nitrogens with one attached hydrogen (secondary N) is 2. The summed E-state index contributed by atoms with van der Waals surface area (Å²) in [7, 11) is 0. The van der Waals surface area contributed by atoms with Crippen molar-refractivity contribution >= 4 is 17.7 Å². The van der Waals surface area contributed by atoms with Gasteiger partial charge in [0, 0.05) is 25.4 Å². The average molecular weight is 292 g/mol. The third-order valence-corrected chi connectivity index (χ3v) is 3.67. The van der Waals surface area contributed by atoms with Crippen LogP contribution in [0.15, 0.2) is 18.2 Å². The molecular weight excluding hydrogens is 272 g/mol. The van der Waals surface area contributed by atoms with Crippen molar-refractivity contribution in [1.82, 2.24) is 5.32 Å². The second-order valence-corrected chi connectivity index (χ2v) is 5.18. The Balaban J connectivity index is 1.84. The van der Waals surface area contributed by atoms with E-state index in [1.165, 1.54) is 6.07 Å². The topological polar surface area (TPSA) is 87.7 Å². The highest BCUT2D eigenvalue weighted by Crippen LogP contribution is 2.19. The molecule has 1 fully saturated rings. The Bertz CT molecular complexity index is 524. The van der Waals surface area contributed by atoms with Gasteiger partial charge in [-0.15, -0.1) is 0 Å². The van der Waals surface area contributed by atoms with E-state index in [1.807, 2.05) is 0 Å². The molecule has 0 saturated carbocycles. The minimum Gasteiger partial charge on any atom is -0.478 e. The molecule has 1 saturated heterocycles. The zero-order chi connectivity index (χ0) is 15.2. The van der Waals surface area contributed by atoms with E-state index in [0.717, 1.165) is 26.1 Å². The number of carbonyl (C=O) groups excluding carboxylic acids is 1. The first-order valence-electron chi connectivity index (χ1n) is 7.03. The minimum absolute atomic E-state index is 0.191. The largest absolute Gasteiger partial charge is 0.478 e. The fourth-order valence-electron chi connectivity index (χ4n) is 2.37. The molecule has 114 valence electrons. The number of carboxylic acids is 1. The maximum atomic E-state index is 11.8. The first-order chi connectivity index (χ1) is 10.1. The summed E-state index contributed by atoms with van der Waals surface area (Å²) in [5, 5.41) is 14.5. The molecule has 1 aliphatic rings. The number of benzene rings is 1. The number of anilines is 1. The fraction of sp³-hybridized carbons (Fsp3) is 0.467. The lowest BCUT2D eigenvalue weighted by Gasteiger charge is -2.12. The highest BCUT2D eigenvalue weighted by atomic mass is 16.5. The van der Waals surface area contributed by atoms with Gasteiger partial charge in [-0.3, -0.25) is 0 Å². The number of rotatable bonds is 5. The molecule has 1 aromatic carbocycles. The predicted octanol–water partition coefficient (Wildman–Crippen LogP) is 2.24. The molecular formula is C15H20N2O4. The summed E-state index contributed by atoms with van der Waals surface area (Å²) in [5.74, 6) is -0.486. The van der Waals surface area contributed by atoms with Crippen molar-refractivity contribution in [2.24, 2.45) is 5.92 Å². The summed E-state index contributed by atoms with van der Waals surface area (Å²) in [6, 6.07) is 4.49. The second-order valence-electron chi connectivity index (χ2n) is 5.18. The molecule has 1 unspecified atom stereocenters. The molecule has 0 spiro atoms. The van der Waals surface area contributed by atoms with E-state index in [4.69, 9.17) is 9.84 Å². The predicted molar refractivity (Wildman–Crippen MR) is 78.7 cm³/mol. The molecule has 3 N–H and O–H groups in total. The van der Waals surface area contributed by atoms with Crippen molar-refractivity contribution < 1.29 is 19.4 Å². The molecule has 1 aliphatic heterocycles. The van der Waals surface area contributed by atoms with Gasteiger partial charge >= 0.3 is 12.0 Å². The number of ether oxygens (including phenoxy) is 1. The highest BCUT2D eigenvalue weighted by Gasteiger charge is 2.16. The van der Waals surface area contributed by atoms with Crippen LogP contribution in [0.25, 0.3) is 0 Å². The molecule has 0 radical (unpaired) electrons. The van der Waals surface area contributed by atoms with Crippen molar-refractivity contribution in [1.29, 1.82) is 0 Å². The van der Waals surface area contributed by atoms with E-state index in [-0.39, 0.29) is 11.6 Å². The van der Waals surface area contributed by atoms with Crippen LogP contribution in [0.4, 0.5) is 10.5 Å². The van der Waals surface area contributed by atoms with Crippen LogP contribution in [0.5, 0.6) is 0 Å². The molecule has 1 atom stereocenters. The Hall–Kier alpha value is -2.08. The smallest absolute Gasteiger partial charge is 0.336 e. The molecule has 21 heavy (non-hydrogen) atoms. The van der Waals surface area contributed by atoms with Gasteiger partial charge in [-0.05, 0) is 43.4 Å². The Morgan fingerprint density at radius 1 is 1.43 bits per heavy atom. The van der Waals surface area contributed by atoms with Crippen LogP contribution in [0, 0.1) is 12.8 Å². The zero-order valence-electron chi connectivity index (χ0n) is 12.0. The van der Waals surface area contributed by atoms with Crippen LogP contribution in [0.3, 0.4) is 0 Å². The van der Waals surface area contributed by atoms with E-state index < -0.39 is 5.97 Å². The Morgan fingerprint density at radius 3 is 2.90 bits per heavy atom. The number of carboxylic acid groups (broad SMARTS) is 1. The standard InChI is InChI=1S/C15H20N2O4/c1-10-12(14(18)19)3-2-4-13(10)17-15(20)16-7-5-11-6-8-21-9-11/h2-4,11H,5-9H2,1H3,(H,18,19)(H2,16,17,20). The van der Waals surface area contributed by atoms with Crippen LogP contribution in [0.1, 0.15) is 28.8 Å². The molecule has 0 aliphatic carbocycles. The molecule has 6 nitrogen and oxygen atoms in total. The number of aromatic carboxylic acids is 1. The van der Waals surface area contributed by atoms with Crippen molar-refractivity contribution in [3.63, 3.8) is 0 Å². The van der Waals surface area contributed by atoms with Crippen molar-refractivity contribution in [3.05, 3.63) is 29.3 Å². The van der Waals surface area contributed by atoms with Gasteiger partial charge < -0.3 is 20.5 Å². The number of urea groups is 1.